The Bertz CT molecular complexity index is 136. The first-order chi connectivity index (χ1) is 4.74. The molecule has 10 heavy (non-hydrogen) atoms. The molecule has 0 amide bonds. The van der Waals surface area contributed by atoms with E-state index in [2.05, 4.69) is 11.8 Å². The van der Waals surface area contributed by atoms with Crippen molar-refractivity contribution in [3.8, 4) is 0 Å². The lowest BCUT2D eigenvalue weighted by molar-refractivity contribution is -0.110. The molecule has 2 fully saturated rings. The van der Waals surface area contributed by atoms with Gasteiger partial charge in [0.2, 0.25) is 0 Å². The quantitative estimate of drug-likeness (QED) is 0.604. The van der Waals surface area contributed by atoms with Gasteiger partial charge in [-0.25, -0.2) is 0 Å². The van der Waals surface area contributed by atoms with E-state index in [0.717, 1.165) is 19.6 Å². The van der Waals surface area contributed by atoms with Crippen LogP contribution < -0.4 is 0 Å². The van der Waals surface area contributed by atoms with Gasteiger partial charge in [0.15, 0.2) is 0 Å². The molecule has 0 aromatic rings. The maximum absolute atomic E-state index is 9.81. The lowest BCUT2D eigenvalue weighted by Gasteiger charge is -2.46. The summed E-state index contributed by atoms with van der Waals surface area (Å²) < 4.78 is 0. The maximum atomic E-state index is 9.81. The normalized spacial score (nSPS) is 31.8. The summed E-state index contributed by atoms with van der Waals surface area (Å²) in [6.45, 7) is 5.09. The lowest BCUT2D eigenvalue weighted by Crippen LogP contribution is -2.62. The van der Waals surface area contributed by atoms with Crippen molar-refractivity contribution in [3.63, 3.8) is 0 Å². The number of likely N-dealkylation sites (N-methyl/N-ethyl adjacent to an activating group) is 1. The Labute approximate surface area is 61.8 Å². The van der Waals surface area contributed by atoms with Crippen LogP contribution in [-0.4, -0.2) is 35.2 Å². The number of β-amino-alcohol motifs (C(OH)–C–C–N with tert-alkyl or cyclic N) is 1. The maximum Gasteiger partial charge on any atom is 0.0928 e. The van der Waals surface area contributed by atoms with Crippen LogP contribution in [0.1, 0.15) is 19.8 Å². The molecule has 0 aromatic carbocycles. The zero-order valence-electron chi connectivity index (χ0n) is 6.51. The molecule has 0 atom stereocenters. The Morgan fingerprint density at radius 3 is 2.50 bits per heavy atom. The van der Waals surface area contributed by atoms with E-state index in [1.54, 1.807) is 0 Å². The average Bonchev–Trinajstić information content (AvgIpc) is 2.61. The van der Waals surface area contributed by atoms with Crippen molar-refractivity contribution in [2.45, 2.75) is 25.4 Å². The van der Waals surface area contributed by atoms with Gasteiger partial charge >= 0.3 is 0 Å². The summed E-state index contributed by atoms with van der Waals surface area (Å²) >= 11 is 0. The molecular weight excluding hydrogens is 126 g/mol. The Hall–Kier alpha value is -0.0800. The molecule has 0 radical (unpaired) electrons. The molecule has 1 saturated carbocycles. The van der Waals surface area contributed by atoms with Crippen LogP contribution in [0.5, 0.6) is 0 Å². The highest BCUT2D eigenvalue weighted by atomic mass is 16.3. The van der Waals surface area contributed by atoms with Gasteiger partial charge in [-0.2, -0.15) is 0 Å². The van der Waals surface area contributed by atoms with E-state index in [4.69, 9.17) is 0 Å². The fourth-order valence-corrected chi connectivity index (χ4v) is 1.83. The minimum absolute atomic E-state index is 0.268. The third-order valence-corrected chi connectivity index (χ3v) is 2.78. The van der Waals surface area contributed by atoms with Crippen LogP contribution >= 0.6 is 0 Å². The van der Waals surface area contributed by atoms with Gasteiger partial charge < -0.3 is 5.11 Å². The second-order valence-corrected chi connectivity index (χ2v) is 3.68. The van der Waals surface area contributed by atoms with Crippen LogP contribution in [0.3, 0.4) is 0 Å². The predicted octanol–water partition coefficient (Wildman–Crippen LogP) is 0.463. The minimum Gasteiger partial charge on any atom is -0.387 e. The van der Waals surface area contributed by atoms with E-state index >= 15 is 0 Å². The van der Waals surface area contributed by atoms with Gasteiger partial charge in [-0.15, -0.1) is 0 Å². The Morgan fingerprint density at radius 1 is 1.50 bits per heavy atom. The van der Waals surface area contributed by atoms with Crippen LogP contribution in [0, 0.1) is 5.92 Å². The molecule has 1 saturated heterocycles. The smallest absolute Gasteiger partial charge is 0.0928 e. The minimum atomic E-state index is -0.268. The van der Waals surface area contributed by atoms with Crippen molar-refractivity contribution in [1.29, 1.82) is 0 Å². The number of nitrogens with zero attached hydrogens (tertiary/aromatic N) is 1. The van der Waals surface area contributed by atoms with Gasteiger partial charge in [-0.1, -0.05) is 6.92 Å². The molecule has 1 N–H and O–H groups in total. The van der Waals surface area contributed by atoms with E-state index < -0.39 is 0 Å². The molecule has 1 heterocycles. The molecule has 2 aliphatic rings. The fraction of sp³-hybridized carbons (Fsp3) is 1.00. The summed E-state index contributed by atoms with van der Waals surface area (Å²) in [5.41, 5.74) is -0.268. The standard InChI is InChI=1S/C8H15NO/c1-2-9-5-8(10,6-9)7-3-4-7/h7,10H,2-6H2,1H3. The molecule has 2 heteroatoms. The van der Waals surface area contributed by atoms with Crippen LogP contribution in [0.25, 0.3) is 0 Å². The number of rotatable bonds is 2. The monoisotopic (exact) mass is 141 g/mol. The fourth-order valence-electron chi connectivity index (χ4n) is 1.83. The molecule has 2 nitrogen and oxygen atoms in total. The van der Waals surface area contributed by atoms with Crippen molar-refractivity contribution in [1.82, 2.24) is 4.90 Å². The summed E-state index contributed by atoms with van der Waals surface area (Å²) in [6.07, 6.45) is 2.52. The lowest BCUT2D eigenvalue weighted by atomic mass is 9.89. The summed E-state index contributed by atoms with van der Waals surface area (Å²) in [7, 11) is 0. The van der Waals surface area contributed by atoms with Crippen LogP contribution in [-0.2, 0) is 0 Å². The van der Waals surface area contributed by atoms with Crippen molar-refractivity contribution in [2.24, 2.45) is 5.92 Å². The molecule has 0 spiro atoms. The van der Waals surface area contributed by atoms with Gasteiger partial charge in [-0.05, 0) is 25.3 Å². The van der Waals surface area contributed by atoms with E-state index in [9.17, 15) is 5.11 Å². The molecule has 1 aliphatic carbocycles. The third kappa shape index (κ3) is 0.867. The second kappa shape index (κ2) is 1.95. The van der Waals surface area contributed by atoms with Gasteiger partial charge in [0, 0.05) is 13.1 Å². The van der Waals surface area contributed by atoms with E-state index in [0.29, 0.717) is 5.92 Å². The van der Waals surface area contributed by atoms with Gasteiger partial charge in [-0.3, -0.25) is 4.90 Å². The Balaban J connectivity index is 1.85. The number of hydrogen-bond donors (Lipinski definition) is 1. The van der Waals surface area contributed by atoms with Crippen LogP contribution in [0.4, 0.5) is 0 Å². The Kier molecular flexibility index (Phi) is 1.29. The SMILES string of the molecule is CCN1CC(O)(C2CC2)C1. The first kappa shape index (κ1) is 6.62. The highest BCUT2D eigenvalue weighted by Gasteiger charge is 2.51. The van der Waals surface area contributed by atoms with E-state index in [-0.39, 0.29) is 5.60 Å². The van der Waals surface area contributed by atoms with Gasteiger partial charge in [0.05, 0.1) is 5.60 Å². The van der Waals surface area contributed by atoms with Gasteiger partial charge in [0.1, 0.15) is 0 Å². The second-order valence-electron chi connectivity index (χ2n) is 3.68. The van der Waals surface area contributed by atoms with Crippen molar-refractivity contribution >= 4 is 0 Å². The number of likely N-dealkylation sites (tertiary alicyclic amines) is 1. The number of aliphatic hydroxyl groups is 1. The average molecular weight is 141 g/mol. The van der Waals surface area contributed by atoms with E-state index in [1.165, 1.54) is 12.8 Å². The van der Waals surface area contributed by atoms with Gasteiger partial charge in [0.25, 0.3) is 0 Å². The first-order valence-corrected chi connectivity index (χ1v) is 4.19. The van der Waals surface area contributed by atoms with Crippen molar-refractivity contribution in [3.05, 3.63) is 0 Å². The molecule has 58 valence electrons. The Morgan fingerprint density at radius 2 is 2.10 bits per heavy atom. The largest absolute Gasteiger partial charge is 0.387 e. The highest BCUT2D eigenvalue weighted by Crippen LogP contribution is 2.44. The summed E-state index contributed by atoms with van der Waals surface area (Å²) in [5.74, 6) is 0.648. The molecule has 0 aromatic heterocycles. The highest BCUT2D eigenvalue weighted by molar-refractivity contribution is 5.04. The molecule has 0 bridgehead atoms. The molecule has 0 unspecified atom stereocenters. The number of hydrogen-bond acceptors (Lipinski definition) is 2. The van der Waals surface area contributed by atoms with Crippen LogP contribution in [0.2, 0.25) is 0 Å². The zero-order valence-corrected chi connectivity index (χ0v) is 6.51. The van der Waals surface area contributed by atoms with Crippen molar-refractivity contribution in [2.75, 3.05) is 19.6 Å². The molecule has 2 rings (SSSR count). The van der Waals surface area contributed by atoms with Crippen molar-refractivity contribution < 1.29 is 5.11 Å². The summed E-state index contributed by atoms with van der Waals surface area (Å²) in [5, 5.41) is 9.81. The van der Waals surface area contributed by atoms with E-state index in [1.807, 2.05) is 0 Å². The third-order valence-electron chi connectivity index (χ3n) is 2.78. The van der Waals surface area contributed by atoms with Crippen LogP contribution in [0.15, 0.2) is 0 Å². The zero-order chi connectivity index (χ0) is 7.19. The summed E-state index contributed by atoms with van der Waals surface area (Å²) in [4.78, 5) is 2.29. The first-order valence-electron chi connectivity index (χ1n) is 4.19. The predicted molar refractivity (Wildman–Crippen MR) is 39.8 cm³/mol. The topological polar surface area (TPSA) is 23.5 Å². The summed E-state index contributed by atoms with van der Waals surface area (Å²) in [6, 6.07) is 0. The molecular formula is C8H15NO. The molecule has 1 aliphatic heterocycles.